The smallest absolute Gasteiger partial charge is 0.261 e. The van der Waals surface area contributed by atoms with E-state index < -0.39 is 14.4 Å². The highest BCUT2D eigenvalue weighted by Crippen LogP contribution is 2.37. The van der Waals surface area contributed by atoms with Gasteiger partial charge in [0, 0.05) is 12.5 Å². The van der Waals surface area contributed by atoms with Crippen LogP contribution in [0.3, 0.4) is 0 Å². The van der Waals surface area contributed by atoms with E-state index in [-0.39, 0.29) is 11.0 Å². The first kappa shape index (κ1) is 19.9. The Morgan fingerprint density at radius 3 is 2.04 bits per heavy atom. The highest BCUT2D eigenvalue weighted by Gasteiger charge is 2.50. The fraction of sp³-hybridized carbons (Fsp3) is 0.391. The van der Waals surface area contributed by atoms with Gasteiger partial charge in [-0.25, -0.2) is 0 Å². The standard InChI is InChI=1S/C23H30O3Si/c1-23(2,3)27(20-10-6-4-7-11-20,21-12-8-5-9-13-21)26-17-14-19-18-25-16-15-22(19)24/h4-13,15-16,19,22,24H,14,17-18H2,1-3H3/t19-,22+/m0/s1. The predicted molar refractivity (Wildman–Crippen MR) is 113 cm³/mol. The van der Waals surface area contributed by atoms with Crippen LogP contribution in [-0.4, -0.2) is 32.7 Å². The minimum atomic E-state index is -2.50. The molecule has 2 atom stereocenters. The van der Waals surface area contributed by atoms with Crippen LogP contribution in [0.25, 0.3) is 0 Å². The highest BCUT2D eigenvalue weighted by molar-refractivity contribution is 6.99. The van der Waals surface area contributed by atoms with Crippen LogP contribution in [0.2, 0.25) is 5.04 Å². The van der Waals surface area contributed by atoms with Gasteiger partial charge in [-0.3, -0.25) is 0 Å². The largest absolute Gasteiger partial charge is 0.501 e. The fourth-order valence-corrected chi connectivity index (χ4v) is 8.53. The van der Waals surface area contributed by atoms with Crippen molar-refractivity contribution >= 4 is 18.7 Å². The molecule has 0 saturated carbocycles. The molecule has 3 nitrogen and oxygen atoms in total. The molecule has 1 N–H and O–H groups in total. The molecule has 4 heteroatoms. The molecule has 0 saturated heterocycles. The van der Waals surface area contributed by atoms with Crippen molar-refractivity contribution in [2.24, 2.45) is 5.92 Å². The zero-order chi connectivity index (χ0) is 19.3. The van der Waals surface area contributed by atoms with Crippen molar-refractivity contribution in [3.63, 3.8) is 0 Å². The third-order valence-corrected chi connectivity index (χ3v) is 10.4. The molecule has 0 radical (unpaired) electrons. The van der Waals surface area contributed by atoms with Gasteiger partial charge in [0.15, 0.2) is 0 Å². The number of aliphatic hydroxyl groups excluding tert-OH is 1. The zero-order valence-electron chi connectivity index (χ0n) is 16.5. The van der Waals surface area contributed by atoms with Gasteiger partial charge in [0.1, 0.15) is 0 Å². The van der Waals surface area contributed by atoms with Crippen LogP contribution >= 0.6 is 0 Å². The molecule has 3 rings (SSSR count). The third-order valence-electron chi connectivity index (χ3n) is 5.39. The predicted octanol–water partition coefficient (Wildman–Crippen LogP) is 3.47. The van der Waals surface area contributed by atoms with E-state index in [4.69, 9.17) is 9.16 Å². The maximum absolute atomic E-state index is 10.2. The van der Waals surface area contributed by atoms with Gasteiger partial charge in [0.2, 0.25) is 0 Å². The van der Waals surface area contributed by atoms with Gasteiger partial charge in [-0.2, -0.15) is 0 Å². The van der Waals surface area contributed by atoms with Crippen molar-refractivity contribution in [3.05, 3.63) is 73.0 Å². The van der Waals surface area contributed by atoms with Crippen LogP contribution in [0, 0.1) is 5.92 Å². The summed E-state index contributed by atoms with van der Waals surface area (Å²) in [4.78, 5) is 0. The zero-order valence-corrected chi connectivity index (χ0v) is 17.5. The minimum Gasteiger partial charge on any atom is -0.501 e. The number of hydrogen-bond donors (Lipinski definition) is 1. The van der Waals surface area contributed by atoms with E-state index in [1.165, 1.54) is 10.4 Å². The van der Waals surface area contributed by atoms with E-state index in [0.29, 0.717) is 13.2 Å². The Bertz CT molecular complexity index is 698. The van der Waals surface area contributed by atoms with E-state index in [1.54, 1.807) is 12.3 Å². The Labute approximate surface area is 163 Å². The second kappa shape index (κ2) is 8.42. The van der Waals surface area contributed by atoms with E-state index in [1.807, 2.05) is 0 Å². The average molecular weight is 383 g/mol. The summed E-state index contributed by atoms with van der Waals surface area (Å²) in [7, 11) is -2.50. The average Bonchev–Trinajstić information content (AvgIpc) is 2.67. The summed E-state index contributed by atoms with van der Waals surface area (Å²) < 4.78 is 12.3. The molecule has 2 aromatic carbocycles. The topological polar surface area (TPSA) is 38.7 Å². The molecule has 27 heavy (non-hydrogen) atoms. The second-order valence-electron chi connectivity index (χ2n) is 8.21. The van der Waals surface area contributed by atoms with E-state index in [0.717, 1.165) is 6.42 Å². The maximum atomic E-state index is 10.2. The van der Waals surface area contributed by atoms with E-state index in [2.05, 4.69) is 81.4 Å². The summed E-state index contributed by atoms with van der Waals surface area (Å²) in [5.74, 6) is 0.0771. The van der Waals surface area contributed by atoms with E-state index >= 15 is 0 Å². The van der Waals surface area contributed by atoms with Crippen molar-refractivity contribution in [2.45, 2.75) is 38.3 Å². The van der Waals surface area contributed by atoms with Gasteiger partial charge in [0.05, 0.1) is 19.0 Å². The maximum Gasteiger partial charge on any atom is 0.261 e. The lowest BCUT2D eigenvalue weighted by molar-refractivity contribution is 0.0545. The van der Waals surface area contributed by atoms with Gasteiger partial charge in [-0.05, 0) is 27.9 Å². The summed E-state index contributed by atoms with van der Waals surface area (Å²) >= 11 is 0. The molecule has 144 valence electrons. The Morgan fingerprint density at radius 2 is 1.56 bits per heavy atom. The van der Waals surface area contributed by atoms with Crippen molar-refractivity contribution in [1.29, 1.82) is 0 Å². The summed E-state index contributed by atoms with van der Waals surface area (Å²) in [5.41, 5.74) is 0. The monoisotopic (exact) mass is 382 g/mol. The van der Waals surface area contributed by atoms with Crippen molar-refractivity contribution in [3.8, 4) is 0 Å². The number of rotatable bonds is 6. The third kappa shape index (κ3) is 4.18. The Hall–Kier alpha value is -1.88. The molecule has 0 amide bonds. The number of aliphatic hydroxyl groups is 1. The van der Waals surface area contributed by atoms with Crippen molar-refractivity contribution in [2.75, 3.05) is 13.2 Å². The number of benzene rings is 2. The number of hydrogen-bond acceptors (Lipinski definition) is 3. The lowest BCUT2D eigenvalue weighted by Crippen LogP contribution is -2.66. The van der Waals surface area contributed by atoms with Crippen LogP contribution in [0.15, 0.2) is 73.0 Å². The first-order chi connectivity index (χ1) is 12.9. The van der Waals surface area contributed by atoms with Gasteiger partial charge in [-0.15, -0.1) is 0 Å². The van der Waals surface area contributed by atoms with Crippen molar-refractivity contribution < 1.29 is 14.3 Å². The molecule has 0 aromatic heterocycles. The van der Waals surface area contributed by atoms with Gasteiger partial charge in [0.25, 0.3) is 8.32 Å². The molecule has 2 aromatic rings. The van der Waals surface area contributed by atoms with Crippen LogP contribution in [0.4, 0.5) is 0 Å². The molecule has 1 heterocycles. The molecular formula is C23H30O3Si. The Morgan fingerprint density at radius 1 is 1.00 bits per heavy atom. The minimum absolute atomic E-state index is 0.0305. The van der Waals surface area contributed by atoms with Gasteiger partial charge in [-0.1, -0.05) is 81.4 Å². The van der Waals surface area contributed by atoms with Gasteiger partial charge >= 0.3 is 0 Å². The summed E-state index contributed by atoms with van der Waals surface area (Å²) in [6.07, 6.45) is 3.62. The Kier molecular flexibility index (Phi) is 6.20. The first-order valence-electron chi connectivity index (χ1n) is 9.66. The Balaban J connectivity index is 1.93. The SMILES string of the molecule is CC(C)(C)[Si](OCC[C@H]1COC=C[C@H]1O)(c1ccccc1)c1ccccc1. The van der Waals surface area contributed by atoms with E-state index in [9.17, 15) is 5.11 Å². The van der Waals surface area contributed by atoms with Crippen molar-refractivity contribution in [1.82, 2.24) is 0 Å². The molecule has 1 aliphatic rings. The quantitative estimate of drug-likeness (QED) is 0.778. The lowest BCUT2D eigenvalue weighted by atomic mass is 9.99. The molecule has 0 unspecified atom stereocenters. The normalized spacial score (nSPS) is 20.3. The van der Waals surface area contributed by atoms with Gasteiger partial charge < -0.3 is 14.3 Å². The first-order valence-corrected chi connectivity index (χ1v) is 11.6. The van der Waals surface area contributed by atoms with Crippen LogP contribution in [0.5, 0.6) is 0 Å². The highest BCUT2D eigenvalue weighted by atomic mass is 28.4. The summed E-state index contributed by atoms with van der Waals surface area (Å²) in [6.45, 7) is 7.98. The van der Waals surface area contributed by atoms with Crippen LogP contribution in [0.1, 0.15) is 27.2 Å². The second-order valence-corrected chi connectivity index (χ2v) is 12.5. The van der Waals surface area contributed by atoms with Crippen LogP contribution in [-0.2, 0) is 9.16 Å². The fourth-order valence-electron chi connectivity index (χ4n) is 3.95. The molecule has 0 aliphatic carbocycles. The number of ether oxygens (including phenoxy) is 1. The van der Waals surface area contributed by atoms with Crippen LogP contribution < -0.4 is 10.4 Å². The molecule has 0 fully saturated rings. The summed E-state index contributed by atoms with van der Waals surface area (Å²) in [6, 6.07) is 21.3. The lowest BCUT2D eigenvalue weighted by Gasteiger charge is -2.43. The molecule has 0 spiro atoms. The molecule has 0 bridgehead atoms. The summed E-state index contributed by atoms with van der Waals surface area (Å²) in [5, 5.41) is 12.7. The molecular weight excluding hydrogens is 352 g/mol. The molecule has 1 aliphatic heterocycles.